The number of ketones is 1. The van der Waals surface area contributed by atoms with Crippen molar-refractivity contribution in [3.05, 3.63) is 65.0 Å². The van der Waals surface area contributed by atoms with Crippen LogP contribution in [0.4, 0.5) is 0 Å². The van der Waals surface area contributed by atoms with Crippen molar-refractivity contribution in [1.29, 1.82) is 0 Å². The summed E-state index contributed by atoms with van der Waals surface area (Å²) in [6.45, 7) is 3.16. The summed E-state index contributed by atoms with van der Waals surface area (Å²) in [7, 11) is 0. The second kappa shape index (κ2) is 6.08. The van der Waals surface area contributed by atoms with E-state index in [0.29, 0.717) is 11.3 Å². The second-order valence-electron chi connectivity index (χ2n) is 5.37. The number of carbonyl (C=O) groups excluding carboxylic acids is 1. The number of carbonyl (C=O) groups is 1. The Morgan fingerprint density at radius 3 is 2.52 bits per heavy atom. The fourth-order valence-corrected chi connectivity index (χ4v) is 2.36. The summed E-state index contributed by atoms with van der Waals surface area (Å²) in [4.78, 5) is 23.2. The average Bonchev–Trinajstić information content (AvgIpc) is 2.54. The van der Waals surface area contributed by atoms with Crippen molar-refractivity contribution in [2.45, 2.75) is 20.0 Å². The van der Waals surface area contributed by atoms with Crippen molar-refractivity contribution in [2.75, 3.05) is 0 Å². The van der Waals surface area contributed by atoms with Gasteiger partial charge in [0.1, 0.15) is 11.3 Å². The van der Waals surface area contributed by atoms with Crippen LogP contribution in [0.25, 0.3) is 22.1 Å². The van der Waals surface area contributed by atoms with Crippen LogP contribution in [0.2, 0.25) is 0 Å². The van der Waals surface area contributed by atoms with E-state index >= 15 is 0 Å². The van der Waals surface area contributed by atoms with Crippen LogP contribution in [-0.2, 0) is 4.79 Å². The minimum atomic E-state index is -0.545. The Kier molecular flexibility index (Phi) is 3.98. The molecule has 23 heavy (non-hydrogen) atoms. The molecule has 0 N–H and O–H groups in total. The van der Waals surface area contributed by atoms with Crippen LogP contribution >= 0.6 is 0 Å². The highest BCUT2D eigenvalue weighted by atomic mass is 16.5. The van der Waals surface area contributed by atoms with E-state index in [2.05, 4.69) is 0 Å². The van der Waals surface area contributed by atoms with Crippen LogP contribution in [0.3, 0.4) is 0 Å². The maximum absolute atomic E-state index is 11.9. The molecule has 0 amide bonds. The lowest BCUT2D eigenvalue weighted by Crippen LogP contribution is -2.20. The fourth-order valence-electron chi connectivity index (χ4n) is 2.36. The average molecular weight is 308 g/mol. The number of ether oxygens (including phenoxy) is 1. The Labute approximate surface area is 133 Å². The van der Waals surface area contributed by atoms with Crippen molar-refractivity contribution in [1.82, 2.24) is 0 Å². The molecule has 1 heterocycles. The summed E-state index contributed by atoms with van der Waals surface area (Å²) in [6, 6.07) is 16.4. The SMILES string of the molecule is CC(=O)[C@@H](C)Oc1ccc2c(-c3ccccc3)cc(=O)oc2c1. The topological polar surface area (TPSA) is 56.5 Å². The molecule has 0 aliphatic heterocycles. The smallest absolute Gasteiger partial charge is 0.336 e. The molecule has 2 aromatic carbocycles. The van der Waals surface area contributed by atoms with Crippen molar-refractivity contribution in [3.8, 4) is 16.9 Å². The summed E-state index contributed by atoms with van der Waals surface area (Å²) in [6.07, 6.45) is -0.545. The Morgan fingerprint density at radius 1 is 1.09 bits per heavy atom. The summed E-state index contributed by atoms with van der Waals surface area (Å²) in [5.41, 5.74) is 1.76. The van der Waals surface area contributed by atoms with Crippen LogP contribution in [0.15, 0.2) is 63.8 Å². The molecule has 116 valence electrons. The Hall–Kier alpha value is -2.88. The van der Waals surface area contributed by atoms with E-state index in [0.717, 1.165) is 16.5 Å². The first-order chi connectivity index (χ1) is 11.0. The number of hydrogen-bond donors (Lipinski definition) is 0. The van der Waals surface area contributed by atoms with Gasteiger partial charge in [0.25, 0.3) is 0 Å². The van der Waals surface area contributed by atoms with Crippen LogP contribution in [-0.4, -0.2) is 11.9 Å². The molecule has 3 aromatic rings. The lowest BCUT2D eigenvalue weighted by molar-refractivity contribution is -0.122. The Bertz CT molecular complexity index is 910. The molecule has 0 radical (unpaired) electrons. The van der Waals surface area contributed by atoms with E-state index in [1.165, 1.54) is 13.0 Å². The van der Waals surface area contributed by atoms with Crippen molar-refractivity contribution >= 4 is 16.8 Å². The Morgan fingerprint density at radius 2 is 1.83 bits per heavy atom. The van der Waals surface area contributed by atoms with Gasteiger partial charge >= 0.3 is 5.63 Å². The third-order valence-electron chi connectivity index (χ3n) is 3.69. The molecule has 0 fully saturated rings. The summed E-state index contributed by atoms with van der Waals surface area (Å²) in [5, 5.41) is 0.818. The van der Waals surface area contributed by atoms with E-state index in [-0.39, 0.29) is 5.78 Å². The number of fused-ring (bicyclic) bond motifs is 1. The van der Waals surface area contributed by atoms with Gasteiger partial charge in [-0.1, -0.05) is 30.3 Å². The highest BCUT2D eigenvalue weighted by Crippen LogP contribution is 2.29. The van der Waals surface area contributed by atoms with Gasteiger partial charge in [-0.3, -0.25) is 4.79 Å². The first-order valence-electron chi connectivity index (χ1n) is 7.35. The van der Waals surface area contributed by atoms with Crippen LogP contribution in [0.5, 0.6) is 5.75 Å². The molecule has 1 atom stereocenters. The van der Waals surface area contributed by atoms with Gasteiger partial charge in [0.05, 0.1) is 0 Å². The molecule has 4 nitrogen and oxygen atoms in total. The quantitative estimate of drug-likeness (QED) is 0.688. The van der Waals surface area contributed by atoms with Gasteiger partial charge < -0.3 is 9.15 Å². The van der Waals surface area contributed by atoms with Crippen molar-refractivity contribution in [3.63, 3.8) is 0 Å². The molecule has 0 spiro atoms. The molecule has 0 bridgehead atoms. The first-order valence-corrected chi connectivity index (χ1v) is 7.35. The molecule has 0 aliphatic rings. The second-order valence-corrected chi connectivity index (χ2v) is 5.37. The largest absolute Gasteiger partial charge is 0.483 e. The molecule has 1 aromatic heterocycles. The first kappa shape index (κ1) is 15.0. The van der Waals surface area contributed by atoms with Gasteiger partial charge in [0.15, 0.2) is 11.9 Å². The molecular weight excluding hydrogens is 292 g/mol. The lowest BCUT2D eigenvalue weighted by Gasteiger charge is -2.12. The third-order valence-corrected chi connectivity index (χ3v) is 3.69. The number of rotatable bonds is 4. The zero-order chi connectivity index (χ0) is 16.4. The monoisotopic (exact) mass is 308 g/mol. The summed E-state index contributed by atoms with van der Waals surface area (Å²) >= 11 is 0. The van der Waals surface area contributed by atoms with Gasteiger partial charge in [-0.25, -0.2) is 4.79 Å². The minimum absolute atomic E-state index is 0.0652. The predicted octanol–water partition coefficient (Wildman–Crippen LogP) is 3.82. The zero-order valence-electron chi connectivity index (χ0n) is 12.9. The van der Waals surface area contributed by atoms with Crippen LogP contribution in [0.1, 0.15) is 13.8 Å². The standard InChI is InChI=1S/C19H16O4/c1-12(20)13(2)22-15-8-9-16-17(14-6-4-3-5-7-14)11-19(21)23-18(16)10-15/h3-11,13H,1-2H3/t13-/m1/s1. The van der Waals surface area contributed by atoms with E-state index in [4.69, 9.17) is 9.15 Å². The molecular formula is C19H16O4. The lowest BCUT2D eigenvalue weighted by atomic mass is 10.0. The predicted molar refractivity (Wildman–Crippen MR) is 88.7 cm³/mol. The zero-order valence-corrected chi connectivity index (χ0v) is 12.9. The molecule has 0 aliphatic carbocycles. The third kappa shape index (κ3) is 3.16. The van der Waals surface area contributed by atoms with Gasteiger partial charge in [0, 0.05) is 17.5 Å². The number of hydrogen-bond acceptors (Lipinski definition) is 4. The molecule has 0 saturated heterocycles. The summed E-state index contributed by atoms with van der Waals surface area (Å²) in [5.74, 6) is 0.429. The van der Waals surface area contributed by atoms with Gasteiger partial charge in [0.2, 0.25) is 0 Å². The van der Waals surface area contributed by atoms with E-state index in [1.54, 1.807) is 19.1 Å². The van der Waals surface area contributed by atoms with Gasteiger partial charge in [-0.2, -0.15) is 0 Å². The van der Waals surface area contributed by atoms with Gasteiger partial charge in [-0.15, -0.1) is 0 Å². The highest BCUT2D eigenvalue weighted by molar-refractivity contribution is 5.93. The van der Waals surface area contributed by atoms with E-state index in [9.17, 15) is 9.59 Å². The Balaban J connectivity index is 2.11. The van der Waals surface area contributed by atoms with Crippen molar-refractivity contribution in [2.24, 2.45) is 0 Å². The number of Topliss-reactive ketones (excluding diaryl/α,β-unsaturated/α-hetero) is 1. The normalized spacial score (nSPS) is 12.1. The summed E-state index contributed by atoms with van der Waals surface area (Å²) < 4.78 is 10.8. The van der Waals surface area contributed by atoms with Crippen LogP contribution in [0, 0.1) is 0 Å². The molecule has 3 rings (SSSR count). The van der Waals surface area contributed by atoms with E-state index in [1.807, 2.05) is 36.4 Å². The van der Waals surface area contributed by atoms with E-state index < -0.39 is 11.7 Å². The fraction of sp³-hybridized carbons (Fsp3) is 0.158. The minimum Gasteiger partial charge on any atom is -0.483 e. The molecule has 0 unspecified atom stereocenters. The maximum Gasteiger partial charge on any atom is 0.336 e. The maximum atomic E-state index is 11.9. The molecule has 4 heteroatoms. The van der Waals surface area contributed by atoms with Gasteiger partial charge in [-0.05, 0) is 37.1 Å². The number of benzene rings is 2. The highest BCUT2D eigenvalue weighted by Gasteiger charge is 2.12. The van der Waals surface area contributed by atoms with Crippen molar-refractivity contribution < 1.29 is 13.9 Å². The molecule has 0 saturated carbocycles. The van der Waals surface area contributed by atoms with Crippen LogP contribution < -0.4 is 10.4 Å².